The Morgan fingerprint density at radius 2 is 2.25 bits per heavy atom. The van der Waals surface area contributed by atoms with Crippen molar-refractivity contribution in [3.05, 3.63) is 64.6 Å². The van der Waals surface area contributed by atoms with Gasteiger partial charge in [-0.2, -0.15) is 5.10 Å². The Balaban J connectivity index is 2.13. The van der Waals surface area contributed by atoms with Gasteiger partial charge in [-0.05, 0) is 13.0 Å². The molecule has 1 aliphatic rings. The molecule has 1 aromatic rings. The summed E-state index contributed by atoms with van der Waals surface area (Å²) in [6.45, 7) is 10.7. The van der Waals surface area contributed by atoms with Gasteiger partial charge in [-0.3, -0.25) is 5.01 Å². The fourth-order valence-electron chi connectivity index (χ4n) is 3.08. The average molecular weight is 410 g/mol. The second-order valence-corrected chi connectivity index (χ2v) is 6.87. The molecule has 2 rings (SSSR count). The highest BCUT2D eigenvalue weighted by Gasteiger charge is 2.27. The third-order valence-corrected chi connectivity index (χ3v) is 5.19. The monoisotopic (exact) mass is 409 g/mol. The van der Waals surface area contributed by atoms with Gasteiger partial charge in [-0.1, -0.05) is 36.4 Å². The van der Waals surface area contributed by atoms with Gasteiger partial charge in [0, 0.05) is 62.0 Å². The Morgan fingerprint density at radius 1 is 1.54 bits per heavy atom. The molecule has 0 saturated heterocycles. The molecular weight excluding hydrogens is 384 g/mol. The first-order valence-corrected chi connectivity index (χ1v) is 9.26. The summed E-state index contributed by atoms with van der Waals surface area (Å²) in [5.74, 6) is 0. The van der Waals surface area contributed by atoms with E-state index < -0.39 is 6.43 Å². The highest BCUT2D eigenvalue weighted by molar-refractivity contribution is 6.33. The van der Waals surface area contributed by atoms with E-state index in [0.29, 0.717) is 36.5 Å². The molecule has 5 nitrogen and oxygen atoms in total. The van der Waals surface area contributed by atoms with Gasteiger partial charge in [0.15, 0.2) is 0 Å². The molecule has 1 unspecified atom stereocenters. The largest absolute Gasteiger partial charge is 0.399 e. The molecule has 0 fully saturated rings. The van der Waals surface area contributed by atoms with Gasteiger partial charge in [0.25, 0.3) is 6.43 Å². The Kier molecular flexibility index (Phi) is 7.45. The van der Waals surface area contributed by atoms with Gasteiger partial charge in [-0.15, -0.1) is 0 Å². The number of hydrazone groups is 1. The normalized spacial score (nSPS) is 17.4. The maximum Gasteiger partial charge on any atom is 0.265 e. The predicted molar refractivity (Wildman–Crippen MR) is 112 cm³/mol. The van der Waals surface area contributed by atoms with E-state index in [1.807, 2.05) is 17.9 Å². The molecule has 0 amide bonds. The van der Waals surface area contributed by atoms with Gasteiger partial charge in [0.1, 0.15) is 0 Å². The summed E-state index contributed by atoms with van der Waals surface area (Å²) in [4.78, 5) is 1.99. The topological polar surface area (TPSA) is 56.9 Å². The third-order valence-electron chi connectivity index (χ3n) is 4.77. The number of nitrogens with one attached hydrogen (secondary N) is 1. The molecule has 1 atom stereocenters. The van der Waals surface area contributed by atoms with Crippen molar-refractivity contribution in [1.29, 1.82) is 0 Å². The smallest absolute Gasteiger partial charge is 0.265 e. The Labute approximate surface area is 169 Å². The molecule has 1 aromatic carbocycles. The number of nitrogens with zero attached hydrogens (tertiary/aromatic N) is 3. The molecule has 152 valence electrons. The van der Waals surface area contributed by atoms with E-state index in [9.17, 15) is 8.78 Å². The summed E-state index contributed by atoms with van der Waals surface area (Å²) >= 11 is 6.21. The summed E-state index contributed by atoms with van der Waals surface area (Å²) in [5.41, 5.74) is 8.87. The van der Waals surface area contributed by atoms with E-state index >= 15 is 0 Å². The molecule has 28 heavy (non-hydrogen) atoms. The summed E-state index contributed by atoms with van der Waals surface area (Å²) in [6.07, 6.45) is 1.77. The highest BCUT2D eigenvalue weighted by atomic mass is 35.5. The maximum atomic E-state index is 13.1. The lowest BCUT2D eigenvalue weighted by Crippen LogP contribution is -2.43. The molecule has 0 saturated carbocycles. The zero-order valence-electron chi connectivity index (χ0n) is 16.1. The van der Waals surface area contributed by atoms with Crippen molar-refractivity contribution in [2.45, 2.75) is 25.8 Å². The van der Waals surface area contributed by atoms with Crippen molar-refractivity contribution >= 4 is 24.0 Å². The summed E-state index contributed by atoms with van der Waals surface area (Å²) in [5, 5.41) is 8.69. The maximum absolute atomic E-state index is 13.1. The van der Waals surface area contributed by atoms with Crippen molar-refractivity contribution < 1.29 is 8.78 Å². The highest BCUT2D eigenvalue weighted by Crippen LogP contribution is 2.36. The molecule has 8 heteroatoms. The molecule has 1 heterocycles. The quantitative estimate of drug-likeness (QED) is 0.500. The molecule has 0 aliphatic carbocycles. The van der Waals surface area contributed by atoms with Crippen LogP contribution in [0.4, 0.5) is 8.78 Å². The number of benzene rings is 1. The lowest BCUT2D eigenvalue weighted by atomic mass is 10.0. The fourth-order valence-corrected chi connectivity index (χ4v) is 3.40. The zero-order valence-corrected chi connectivity index (χ0v) is 16.9. The number of rotatable bonds is 8. The van der Waals surface area contributed by atoms with Crippen LogP contribution in [0.15, 0.2) is 53.5 Å². The van der Waals surface area contributed by atoms with Crippen LogP contribution >= 0.6 is 11.6 Å². The van der Waals surface area contributed by atoms with Gasteiger partial charge >= 0.3 is 0 Å². The number of nitrogens with two attached hydrogens (primary N) is 1. The predicted octanol–water partition coefficient (Wildman–Crippen LogP) is 4.16. The minimum atomic E-state index is -2.64. The van der Waals surface area contributed by atoms with Crippen LogP contribution in [-0.2, 0) is 0 Å². The average Bonchev–Trinajstić information content (AvgIpc) is 2.67. The minimum absolute atomic E-state index is 0.0336. The molecule has 1 aliphatic heterocycles. The number of hydrogen-bond acceptors (Lipinski definition) is 5. The second kappa shape index (κ2) is 9.59. The van der Waals surface area contributed by atoms with Crippen LogP contribution in [0.5, 0.6) is 0 Å². The van der Waals surface area contributed by atoms with Crippen molar-refractivity contribution in [3.63, 3.8) is 0 Å². The van der Waals surface area contributed by atoms with E-state index in [1.54, 1.807) is 30.4 Å². The van der Waals surface area contributed by atoms with E-state index in [0.717, 1.165) is 5.70 Å². The van der Waals surface area contributed by atoms with E-state index in [1.165, 1.54) is 6.07 Å². The van der Waals surface area contributed by atoms with Crippen molar-refractivity contribution in [2.24, 2.45) is 10.8 Å². The van der Waals surface area contributed by atoms with Crippen molar-refractivity contribution in [3.8, 4) is 0 Å². The van der Waals surface area contributed by atoms with Crippen LogP contribution in [0.1, 0.15) is 30.9 Å². The standard InChI is InChI=1S/C20H26ClF2N5/c1-13(15-7-5-8-16(18(15)21)20(22)23)28-12-9-17(19(24)14(28)2)26-10-6-11-27(4)25-3/h5-8,11,14,20,26H,1,3,9-10,12,24H2,2,4H3/b11-6-. The Bertz CT molecular complexity index is 791. The van der Waals surface area contributed by atoms with Crippen molar-refractivity contribution in [1.82, 2.24) is 15.2 Å². The lowest BCUT2D eigenvalue weighted by molar-refractivity contribution is 0.151. The van der Waals surface area contributed by atoms with Gasteiger partial charge in [0.05, 0.1) is 16.8 Å². The summed E-state index contributed by atoms with van der Waals surface area (Å²) in [6, 6.07) is 4.45. The fraction of sp³-hybridized carbons (Fsp3) is 0.350. The van der Waals surface area contributed by atoms with Crippen LogP contribution in [-0.4, -0.2) is 42.8 Å². The third kappa shape index (κ3) is 4.84. The molecule has 0 bridgehead atoms. The minimum Gasteiger partial charge on any atom is -0.399 e. The number of halogens is 3. The van der Waals surface area contributed by atoms with Crippen LogP contribution in [0.25, 0.3) is 5.70 Å². The first kappa shape index (κ1) is 21.8. The van der Waals surface area contributed by atoms with E-state index in [2.05, 4.69) is 23.7 Å². The lowest BCUT2D eigenvalue weighted by Gasteiger charge is -2.38. The number of alkyl halides is 2. The first-order chi connectivity index (χ1) is 13.3. The molecule has 0 aromatic heterocycles. The van der Waals surface area contributed by atoms with Crippen LogP contribution in [0.2, 0.25) is 5.02 Å². The molecular formula is C20H26ClF2N5. The van der Waals surface area contributed by atoms with Gasteiger partial charge in [0.2, 0.25) is 0 Å². The molecule has 3 N–H and O–H groups in total. The summed E-state index contributed by atoms with van der Waals surface area (Å²) in [7, 11) is 1.79. The van der Waals surface area contributed by atoms with Crippen LogP contribution < -0.4 is 11.1 Å². The van der Waals surface area contributed by atoms with Crippen LogP contribution in [0.3, 0.4) is 0 Å². The van der Waals surface area contributed by atoms with Gasteiger partial charge in [-0.25, -0.2) is 8.78 Å². The molecule has 0 spiro atoms. The zero-order chi connectivity index (χ0) is 20.8. The Morgan fingerprint density at radius 3 is 2.89 bits per heavy atom. The van der Waals surface area contributed by atoms with Crippen molar-refractivity contribution in [2.75, 3.05) is 20.1 Å². The SMILES string of the molecule is C=NN(C)/C=C\CNC1=C(N)C(C)N(C(=C)c2cccc(C(F)F)c2Cl)CC1. The number of hydrogen-bond donors (Lipinski definition) is 2. The summed E-state index contributed by atoms with van der Waals surface area (Å²) < 4.78 is 26.3. The molecule has 0 radical (unpaired) electrons. The van der Waals surface area contributed by atoms with E-state index in [4.69, 9.17) is 17.3 Å². The van der Waals surface area contributed by atoms with E-state index in [-0.39, 0.29) is 16.6 Å². The Hall–Kier alpha value is -2.54. The first-order valence-electron chi connectivity index (χ1n) is 8.88. The van der Waals surface area contributed by atoms with Crippen LogP contribution in [0, 0.1) is 0 Å². The second-order valence-electron chi connectivity index (χ2n) is 6.49. The van der Waals surface area contributed by atoms with Gasteiger partial charge < -0.3 is 16.0 Å².